The van der Waals surface area contributed by atoms with Gasteiger partial charge in [0.05, 0.1) is 12.4 Å². The summed E-state index contributed by atoms with van der Waals surface area (Å²) < 4.78 is 16.7. The van der Waals surface area contributed by atoms with Gasteiger partial charge in [-0.25, -0.2) is 4.79 Å². The van der Waals surface area contributed by atoms with Gasteiger partial charge in [0, 0.05) is 20.1 Å². The van der Waals surface area contributed by atoms with E-state index in [1.54, 1.807) is 7.11 Å². The van der Waals surface area contributed by atoms with Gasteiger partial charge in [0.25, 0.3) is 0 Å². The molecular weight excluding hydrogens is 262 g/mol. The Hall–Kier alpha value is -0.853. The standard InChI is InChI=1S/C13H23NO4Si/c1-6-17-12(15)13-8-10(18-19(3,4)5)7-11(16-2)14(13)9-13/h7,11H,6,8-9H2,1-5H3/t11-,13-,14?/m1/s1. The molecular formula is C13H23NO4Si. The third kappa shape index (κ3) is 2.85. The number of hydrogen-bond acceptors (Lipinski definition) is 5. The van der Waals surface area contributed by atoms with E-state index in [2.05, 4.69) is 19.6 Å². The molecule has 0 aliphatic carbocycles. The van der Waals surface area contributed by atoms with E-state index < -0.39 is 13.9 Å². The molecule has 1 unspecified atom stereocenters. The van der Waals surface area contributed by atoms with Crippen LogP contribution in [0.25, 0.3) is 0 Å². The Labute approximate surface area is 115 Å². The van der Waals surface area contributed by atoms with Crippen molar-refractivity contribution >= 4 is 14.3 Å². The highest BCUT2D eigenvalue weighted by atomic mass is 28.4. The van der Waals surface area contributed by atoms with Crippen LogP contribution in [0.3, 0.4) is 0 Å². The Kier molecular flexibility index (Phi) is 3.77. The highest BCUT2D eigenvalue weighted by Gasteiger charge is 2.64. The quantitative estimate of drug-likeness (QED) is 0.437. The van der Waals surface area contributed by atoms with Crippen LogP contribution >= 0.6 is 0 Å². The fraction of sp³-hybridized carbons (Fsp3) is 0.769. The second kappa shape index (κ2) is 4.92. The summed E-state index contributed by atoms with van der Waals surface area (Å²) in [5.41, 5.74) is -0.555. The second-order valence-corrected chi connectivity index (χ2v) is 10.5. The minimum Gasteiger partial charge on any atom is -0.547 e. The van der Waals surface area contributed by atoms with Gasteiger partial charge < -0.3 is 13.9 Å². The summed E-state index contributed by atoms with van der Waals surface area (Å²) in [6.45, 7) is 9.30. The molecule has 2 rings (SSSR count). The van der Waals surface area contributed by atoms with Crippen LogP contribution in [-0.2, 0) is 18.7 Å². The molecule has 19 heavy (non-hydrogen) atoms. The third-order valence-electron chi connectivity index (χ3n) is 3.31. The third-order valence-corrected chi connectivity index (χ3v) is 4.19. The molecule has 0 aromatic carbocycles. The lowest BCUT2D eigenvalue weighted by molar-refractivity contribution is -0.149. The number of rotatable bonds is 5. The van der Waals surface area contributed by atoms with Crippen molar-refractivity contribution in [3.05, 3.63) is 11.8 Å². The van der Waals surface area contributed by atoms with Gasteiger partial charge in [-0.15, -0.1) is 0 Å². The number of methoxy groups -OCH3 is 1. The van der Waals surface area contributed by atoms with E-state index in [0.29, 0.717) is 19.6 Å². The number of nitrogens with zero attached hydrogens (tertiary/aromatic N) is 1. The van der Waals surface area contributed by atoms with Crippen LogP contribution in [0.4, 0.5) is 0 Å². The first-order valence-electron chi connectivity index (χ1n) is 6.69. The number of ether oxygens (including phenoxy) is 2. The fourth-order valence-corrected chi connectivity index (χ4v) is 3.44. The van der Waals surface area contributed by atoms with E-state index in [4.69, 9.17) is 13.9 Å². The number of esters is 1. The molecule has 5 nitrogen and oxygen atoms in total. The molecule has 1 saturated heterocycles. The topological polar surface area (TPSA) is 47.8 Å². The maximum absolute atomic E-state index is 12.1. The summed E-state index contributed by atoms with van der Waals surface area (Å²) >= 11 is 0. The minimum absolute atomic E-state index is 0.165. The van der Waals surface area contributed by atoms with Crippen LogP contribution in [0.15, 0.2) is 11.8 Å². The SMILES string of the molecule is CCOC(=O)[C@]12CC(O[Si](C)(C)C)=C[C@@H](OC)N1C2. The monoisotopic (exact) mass is 285 g/mol. The van der Waals surface area contributed by atoms with E-state index in [9.17, 15) is 4.79 Å². The van der Waals surface area contributed by atoms with Crippen molar-refractivity contribution in [3.8, 4) is 0 Å². The predicted octanol–water partition coefficient (Wildman–Crippen LogP) is 1.72. The van der Waals surface area contributed by atoms with Crippen LogP contribution in [0, 0.1) is 0 Å². The molecule has 0 saturated carbocycles. The molecule has 0 aromatic heterocycles. The molecule has 0 amide bonds. The first-order valence-corrected chi connectivity index (χ1v) is 10.1. The average molecular weight is 285 g/mol. The number of carbonyl (C=O) groups excluding carboxylic acids is 1. The molecule has 0 aromatic rings. The van der Waals surface area contributed by atoms with Crippen LogP contribution < -0.4 is 0 Å². The molecule has 1 fully saturated rings. The Morgan fingerprint density at radius 1 is 1.53 bits per heavy atom. The van der Waals surface area contributed by atoms with Crippen molar-refractivity contribution in [2.45, 2.75) is 44.8 Å². The number of carbonyl (C=O) groups is 1. The van der Waals surface area contributed by atoms with Gasteiger partial charge in [0.15, 0.2) is 0 Å². The van der Waals surface area contributed by atoms with Crippen molar-refractivity contribution < 1.29 is 18.7 Å². The molecule has 0 radical (unpaired) electrons. The Morgan fingerprint density at radius 3 is 2.74 bits per heavy atom. The molecule has 0 N–H and O–H groups in total. The highest BCUT2D eigenvalue weighted by Crippen LogP contribution is 2.46. The maximum Gasteiger partial charge on any atom is 0.328 e. The molecule has 0 spiro atoms. The molecule has 2 aliphatic heterocycles. The van der Waals surface area contributed by atoms with Gasteiger partial charge in [-0.1, -0.05) is 0 Å². The zero-order valence-electron chi connectivity index (χ0n) is 12.4. The molecule has 0 bridgehead atoms. The van der Waals surface area contributed by atoms with Crippen LogP contribution in [0.5, 0.6) is 0 Å². The fourth-order valence-electron chi connectivity index (χ4n) is 2.51. The van der Waals surface area contributed by atoms with Crippen LogP contribution in [-0.4, -0.2) is 51.2 Å². The largest absolute Gasteiger partial charge is 0.547 e. The van der Waals surface area contributed by atoms with E-state index in [0.717, 1.165) is 5.76 Å². The molecule has 108 valence electrons. The van der Waals surface area contributed by atoms with Crippen LogP contribution in [0.2, 0.25) is 19.6 Å². The van der Waals surface area contributed by atoms with Crippen molar-refractivity contribution in [1.82, 2.24) is 4.90 Å². The van der Waals surface area contributed by atoms with Gasteiger partial charge in [-0.05, 0) is 32.6 Å². The normalized spacial score (nSPS) is 33.2. The summed E-state index contributed by atoms with van der Waals surface area (Å²) in [5.74, 6) is 0.703. The lowest BCUT2D eigenvalue weighted by atomic mass is 10.0. The van der Waals surface area contributed by atoms with E-state index in [1.165, 1.54) is 0 Å². The average Bonchev–Trinajstić information content (AvgIpc) is 3.01. The van der Waals surface area contributed by atoms with E-state index >= 15 is 0 Å². The smallest absolute Gasteiger partial charge is 0.328 e. The molecule has 2 heterocycles. The van der Waals surface area contributed by atoms with Gasteiger partial charge in [-0.3, -0.25) is 4.90 Å². The Morgan fingerprint density at radius 2 is 2.21 bits per heavy atom. The maximum atomic E-state index is 12.1. The highest BCUT2D eigenvalue weighted by molar-refractivity contribution is 6.70. The van der Waals surface area contributed by atoms with Gasteiger partial charge in [0.1, 0.15) is 11.8 Å². The summed E-state index contributed by atoms with van der Waals surface area (Å²) in [6, 6.07) is 0. The minimum atomic E-state index is -1.68. The van der Waals surface area contributed by atoms with Crippen molar-refractivity contribution in [2.24, 2.45) is 0 Å². The second-order valence-electron chi connectivity index (χ2n) is 6.03. The van der Waals surface area contributed by atoms with Crippen LogP contribution in [0.1, 0.15) is 13.3 Å². The summed E-state index contributed by atoms with van der Waals surface area (Å²) in [5, 5.41) is 0. The molecule has 2 aliphatic rings. The van der Waals surface area contributed by atoms with Gasteiger partial charge >= 0.3 is 5.97 Å². The zero-order valence-corrected chi connectivity index (χ0v) is 13.4. The van der Waals surface area contributed by atoms with E-state index in [1.807, 2.05) is 17.9 Å². The van der Waals surface area contributed by atoms with Crippen molar-refractivity contribution in [2.75, 3.05) is 20.3 Å². The summed E-state index contributed by atoms with van der Waals surface area (Å²) in [6.07, 6.45) is 2.38. The lowest BCUT2D eigenvalue weighted by Gasteiger charge is -2.30. The zero-order chi connectivity index (χ0) is 14.3. The van der Waals surface area contributed by atoms with Crippen molar-refractivity contribution in [3.63, 3.8) is 0 Å². The van der Waals surface area contributed by atoms with Gasteiger partial charge in [0.2, 0.25) is 8.32 Å². The van der Waals surface area contributed by atoms with Crippen molar-refractivity contribution in [1.29, 1.82) is 0 Å². The Bertz CT molecular complexity index is 404. The Balaban J connectivity index is 2.16. The first kappa shape index (κ1) is 14.6. The van der Waals surface area contributed by atoms with E-state index in [-0.39, 0.29) is 12.2 Å². The summed E-state index contributed by atoms with van der Waals surface area (Å²) in [7, 11) is -0.0330. The summed E-state index contributed by atoms with van der Waals surface area (Å²) in [4.78, 5) is 14.2. The number of fused-ring (bicyclic) bond motifs is 1. The lowest BCUT2D eigenvalue weighted by Crippen LogP contribution is -2.41. The predicted molar refractivity (Wildman–Crippen MR) is 74.0 cm³/mol. The first-order chi connectivity index (χ1) is 8.82. The van der Waals surface area contributed by atoms with Gasteiger partial charge in [-0.2, -0.15) is 0 Å². The number of hydrogen-bond donors (Lipinski definition) is 0. The molecule has 3 atom stereocenters. The molecule has 6 heteroatoms.